The van der Waals surface area contributed by atoms with Gasteiger partial charge in [-0.3, -0.25) is 0 Å². The Morgan fingerprint density at radius 2 is 1.73 bits per heavy atom. The third-order valence-electron chi connectivity index (χ3n) is 3.58. The molecule has 1 atom stereocenters. The first-order valence-electron chi connectivity index (χ1n) is 7.70. The third-order valence-corrected chi connectivity index (χ3v) is 3.58. The van der Waals surface area contributed by atoms with Gasteiger partial charge in [0.25, 0.3) is 0 Å². The Hall–Kier alpha value is -2.00. The van der Waals surface area contributed by atoms with E-state index in [0.29, 0.717) is 12.5 Å². The second kappa shape index (κ2) is 7.85. The van der Waals surface area contributed by atoms with Gasteiger partial charge in [0.05, 0.1) is 7.11 Å². The summed E-state index contributed by atoms with van der Waals surface area (Å²) in [5, 5.41) is 0. The zero-order valence-corrected chi connectivity index (χ0v) is 13.6. The van der Waals surface area contributed by atoms with Crippen molar-refractivity contribution in [2.75, 3.05) is 7.11 Å². The van der Waals surface area contributed by atoms with Crippen molar-refractivity contribution in [1.29, 1.82) is 0 Å². The van der Waals surface area contributed by atoms with Crippen molar-refractivity contribution in [3.05, 3.63) is 59.7 Å². The van der Waals surface area contributed by atoms with E-state index in [-0.39, 0.29) is 6.04 Å². The molecule has 0 spiro atoms. The van der Waals surface area contributed by atoms with Crippen LogP contribution < -0.4 is 15.2 Å². The van der Waals surface area contributed by atoms with Crippen LogP contribution in [0.3, 0.4) is 0 Å². The molecule has 2 aromatic carbocycles. The first-order valence-corrected chi connectivity index (χ1v) is 7.70. The fourth-order valence-corrected chi connectivity index (χ4v) is 2.42. The fourth-order valence-electron chi connectivity index (χ4n) is 2.42. The summed E-state index contributed by atoms with van der Waals surface area (Å²) in [6.45, 7) is 4.87. The molecule has 3 nitrogen and oxygen atoms in total. The SMILES string of the molecule is COc1ccc([C@H](N)CC(C)C)cc1OCc1ccccc1. The molecule has 0 bridgehead atoms. The Labute approximate surface area is 133 Å². The molecule has 0 heterocycles. The van der Waals surface area contributed by atoms with E-state index in [1.807, 2.05) is 48.5 Å². The van der Waals surface area contributed by atoms with E-state index in [9.17, 15) is 0 Å². The van der Waals surface area contributed by atoms with Crippen molar-refractivity contribution < 1.29 is 9.47 Å². The van der Waals surface area contributed by atoms with Gasteiger partial charge in [-0.05, 0) is 35.6 Å². The van der Waals surface area contributed by atoms with Crippen LogP contribution in [0.5, 0.6) is 11.5 Å². The van der Waals surface area contributed by atoms with Crippen molar-refractivity contribution >= 4 is 0 Å². The lowest BCUT2D eigenvalue weighted by molar-refractivity contribution is 0.284. The lowest BCUT2D eigenvalue weighted by atomic mass is 9.97. The van der Waals surface area contributed by atoms with E-state index in [0.717, 1.165) is 29.0 Å². The summed E-state index contributed by atoms with van der Waals surface area (Å²) in [4.78, 5) is 0. The van der Waals surface area contributed by atoms with Gasteiger partial charge in [0.1, 0.15) is 6.61 Å². The number of hydrogen-bond donors (Lipinski definition) is 1. The zero-order chi connectivity index (χ0) is 15.9. The van der Waals surface area contributed by atoms with Gasteiger partial charge in [-0.15, -0.1) is 0 Å². The molecule has 0 radical (unpaired) electrons. The summed E-state index contributed by atoms with van der Waals surface area (Å²) in [6.07, 6.45) is 0.949. The van der Waals surface area contributed by atoms with E-state index in [4.69, 9.17) is 15.2 Å². The molecule has 0 aromatic heterocycles. The Morgan fingerprint density at radius 3 is 2.36 bits per heavy atom. The number of methoxy groups -OCH3 is 1. The van der Waals surface area contributed by atoms with E-state index in [1.54, 1.807) is 7.11 Å². The molecule has 0 aliphatic carbocycles. The summed E-state index contributed by atoms with van der Waals surface area (Å²) in [7, 11) is 1.65. The van der Waals surface area contributed by atoms with Crippen molar-refractivity contribution in [2.45, 2.75) is 32.9 Å². The zero-order valence-electron chi connectivity index (χ0n) is 13.6. The largest absolute Gasteiger partial charge is 0.493 e. The van der Waals surface area contributed by atoms with Crippen LogP contribution in [0.2, 0.25) is 0 Å². The van der Waals surface area contributed by atoms with Crippen LogP contribution in [0.1, 0.15) is 37.4 Å². The molecule has 0 fully saturated rings. The lowest BCUT2D eigenvalue weighted by Gasteiger charge is -2.17. The van der Waals surface area contributed by atoms with Gasteiger partial charge in [0.2, 0.25) is 0 Å². The highest BCUT2D eigenvalue weighted by Crippen LogP contribution is 2.32. The van der Waals surface area contributed by atoms with E-state index in [2.05, 4.69) is 13.8 Å². The summed E-state index contributed by atoms with van der Waals surface area (Å²) in [5.74, 6) is 2.03. The predicted molar refractivity (Wildman–Crippen MR) is 90.2 cm³/mol. The molecule has 22 heavy (non-hydrogen) atoms. The molecule has 0 aliphatic rings. The molecular weight excluding hydrogens is 274 g/mol. The molecule has 0 saturated carbocycles. The maximum atomic E-state index is 6.27. The second-order valence-corrected chi connectivity index (χ2v) is 5.92. The topological polar surface area (TPSA) is 44.5 Å². The summed E-state index contributed by atoms with van der Waals surface area (Å²) < 4.78 is 11.3. The van der Waals surface area contributed by atoms with Crippen molar-refractivity contribution in [3.63, 3.8) is 0 Å². The average molecular weight is 299 g/mol. The highest BCUT2D eigenvalue weighted by molar-refractivity contribution is 5.44. The Morgan fingerprint density at radius 1 is 1.00 bits per heavy atom. The molecule has 118 valence electrons. The second-order valence-electron chi connectivity index (χ2n) is 5.92. The molecule has 2 aromatic rings. The fraction of sp³-hybridized carbons (Fsp3) is 0.368. The summed E-state index contributed by atoms with van der Waals surface area (Å²) in [6, 6.07) is 16.0. The van der Waals surface area contributed by atoms with Gasteiger partial charge in [-0.2, -0.15) is 0 Å². The van der Waals surface area contributed by atoms with E-state index >= 15 is 0 Å². The van der Waals surface area contributed by atoms with Crippen LogP contribution in [0.15, 0.2) is 48.5 Å². The van der Waals surface area contributed by atoms with Crippen molar-refractivity contribution in [1.82, 2.24) is 0 Å². The van der Waals surface area contributed by atoms with Crippen LogP contribution in [0.4, 0.5) is 0 Å². The minimum absolute atomic E-state index is 0.0185. The Bertz CT molecular complexity index is 581. The minimum Gasteiger partial charge on any atom is -0.493 e. The maximum Gasteiger partial charge on any atom is 0.161 e. The standard InChI is InChI=1S/C19H25NO2/c1-14(2)11-17(20)16-9-10-18(21-3)19(12-16)22-13-15-7-5-4-6-8-15/h4-10,12,14,17H,11,13,20H2,1-3H3/t17-/m1/s1. The number of ether oxygens (including phenoxy) is 2. The van der Waals surface area contributed by atoms with Crippen LogP contribution in [0.25, 0.3) is 0 Å². The number of hydrogen-bond acceptors (Lipinski definition) is 3. The molecule has 3 heteroatoms. The van der Waals surface area contributed by atoms with E-state index in [1.165, 1.54) is 0 Å². The first kappa shape index (κ1) is 16.4. The van der Waals surface area contributed by atoms with Crippen LogP contribution in [0, 0.1) is 5.92 Å². The van der Waals surface area contributed by atoms with Crippen LogP contribution in [-0.2, 0) is 6.61 Å². The van der Waals surface area contributed by atoms with Gasteiger partial charge in [-0.25, -0.2) is 0 Å². The van der Waals surface area contributed by atoms with Crippen LogP contribution >= 0.6 is 0 Å². The van der Waals surface area contributed by atoms with Gasteiger partial charge in [-0.1, -0.05) is 50.2 Å². The lowest BCUT2D eigenvalue weighted by Crippen LogP contribution is -2.13. The Balaban J connectivity index is 2.14. The predicted octanol–water partition coefficient (Wildman–Crippen LogP) is 4.32. The molecule has 0 saturated heterocycles. The third kappa shape index (κ3) is 4.50. The number of benzene rings is 2. The highest BCUT2D eigenvalue weighted by atomic mass is 16.5. The minimum atomic E-state index is 0.0185. The molecular formula is C19H25NO2. The number of nitrogens with two attached hydrogens (primary N) is 1. The van der Waals surface area contributed by atoms with Gasteiger partial charge in [0.15, 0.2) is 11.5 Å². The van der Waals surface area contributed by atoms with Crippen molar-refractivity contribution in [2.24, 2.45) is 11.7 Å². The van der Waals surface area contributed by atoms with E-state index < -0.39 is 0 Å². The van der Waals surface area contributed by atoms with Gasteiger partial charge < -0.3 is 15.2 Å². The molecule has 0 aliphatic heterocycles. The molecule has 2 rings (SSSR count). The average Bonchev–Trinajstić information content (AvgIpc) is 2.53. The monoisotopic (exact) mass is 299 g/mol. The highest BCUT2D eigenvalue weighted by Gasteiger charge is 2.12. The Kier molecular flexibility index (Phi) is 5.84. The quantitative estimate of drug-likeness (QED) is 0.828. The van der Waals surface area contributed by atoms with Crippen LogP contribution in [-0.4, -0.2) is 7.11 Å². The first-order chi connectivity index (χ1) is 10.6. The molecule has 0 amide bonds. The summed E-state index contributed by atoms with van der Waals surface area (Å²) >= 11 is 0. The van der Waals surface area contributed by atoms with Gasteiger partial charge in [0, 0.05) is 6.04 Å². The molecule has 2 N–H and O–H groups in total. The summed E-state index contributed by atoms with van der Waals surface area (Å²) in [5.41, 5.74) is 8.47. The number of rotatable bonds is 7. The maximum absolute atomic E-state index is 6.27. The van der Waals surface area contributed by atoms with Gasteiger partial charge >= 0.3 is 0 Å². The molecule has 0 unspecified atom stereocenters. The van der Waals surface area contributed by atoms with Crippen molar-refractivity contribution in [3.8, 4) is 11.5 Å². The smallest absolute Gasteiger partial charge is 0.161 e. The normalized spacial score (nSPS) is 12.2.